The molecule has 5 heteroatoms. The Bertz CT molecular complexity index is 680. The molecule has 1 aromatic heterocycles. The Balaban J connectivity index is 1.71. The zero-order valence-electron chi connectivity index (χ0n) is 14.8. The lowest BCUT2D eigenvalue weighted by Gasteiger charge is -2.31. The van der Waals surface area contributed by atoms with Crippen molar-refractivity contribution in [2.24, 2.45) is 0 Å². The lowest BCUT2D eigenvalue weighted by atomic mass is 10.00. The van der Waals surface area contributed by atoms with Gasteiger partial charge in [-0.25, -0.2) is 0 Å². The van der Waals surface area contributed by atoms with E-state index in [2.05, 4.69) is 25.1 Å². The number of aliphatic hydroxyl groups excluding tert-OH is 2. The van der Waals surface area contributed by atoms with E-state index in [0.29, 0.717) is 19.4 Å². The SMILES string of the molecule is CCOc1ccc(Cc2sc(C3CC(O)CC(CO)O3)cc2C)cc1. The van der Waals surface area contributed by atoms with Crippen LogP contribution in [0.5, 0.6) is 5.75 Å². The molecule has 0 radical (unpaired) electrons. The van der Waals surface area contributed by atoms with Gasteiger partial charge in [-0.2, -0.15) is 0 Å². The highest BCUT2D eigenvalue weighted by Crippen LogP contribution is 2.37. The summed E-state index contributed by atoms with van der Waals surface area (Å²) in [5.74, 6) is 0.898. The minimum absolute atomic E-state index is 0.0447. The molecule has 0 amide bonds. The van der Waals surface area contributed by atoms with E-state index in [1.54, 1.807) is 11.3 Å². The summed E-state index contributed by atoms with van der Waals surface area (Å²) >= 11 is 1.74. The molecule has 0 aliphatic carbocycles. The Morgan fingerprint density at radius 2 is 2.00 bits per heavy atom. The molecule has 3 unspecified atom stereocenters. The van der Waals surface area contributed by atoms with Crippen molar-refractivity contribution in [2.45, 2.75) is 51.4 Å². The summed E-state index contributed by atoms with van der Waals surface area (Å²) in [6, 6.07) is 10.4. The van der Waals surface area contributed by atoms with E-state index in [1.807, 2.05) is 19.1 Å². The van der Waals surface area contributed by atoms with Crippen molar-refractivity contribution >= 4 is 11.3 Å². The molecule has 0 bridgehead atoms. The van der Waals surface area contributed by atoms with E-state index in [0.717, 1.165) is 17.0 Å². The maximum Gasteiger partial charge on any atom is 0.119 e. The molecule has 1 aromatic carbocycles. The van der Waals surface area contributed by atoms with Crippen LogP contribution < -0.4 is 4.74 Å². The summed E-state index contributed by atoms with van der Waals surface area (Å²) < 4.78 is 11.4. The van der Waals surface area contributed by atoms with Crippen molar-refractivity contribution in [3.8, 4) is 5.75 Å². The summed E-state index contributed by atoms with van der Waals surface area (Å²) in [7, 11) is 0. The van der Waals surface area contributed by atoms with E-state index < -0.39 is 6.10 Å². The first-order valence-corrected chi connectivity index (χ1v) is 9.66. The molecule has 0 saturated carbocycles. The molecular formula is C20H26O4S. The molecule has 136 valence electrons. The highest BCUT2D eigenvalue weighted by Gasteiger charge is 2.30. The molecule has 1 saturated heterocycles. The van der Waals surface area contributed by atoms with Crippen molar-refractivity contribution in [3.63, 3.8) is 0 Å². The average molecular weight is 362 g/mol. The molecule has 0 spiro atoms. The van der Waals surface area contributed by atoms with E-state index in [1.165, 1.54) is 16.0 Å². The zero-order chi connectivity index (χ0) is 17.8. The molecule has 3 rings (SSSR count). The lowest BCUT2D eigenvalue weighted by Crippen LogP contribution is -2.33. The highest BCUT2D eigenvalue weighted by atomic mass is 32.1. The summed E-state index contributed by atoms with van der Waals surface area (Å²) in [5.41, 5.74) is 2.50. The van der Waals surface area contributed by atoms with Crippen LogP contribution in [0, 0.1) is 6.92 Å². The third-order valence-corrected chi connectivity index (χ3v) is 5.87. The van der Waals surface area contributed by atoms with Gasteiger partial charge in [0.25, 0.3) is 0 Å². The second kappa shape index (κ2) is 8.32. The van der Waals surface area contributed by atoms with Gasteiger partial charge in [0, 0.05) is 29.0 Å². The standard InChI is InChI=1S/C20H26O4S/c1-3-23-16-6-4-14(5-7-16)9-19-13(2)8-20(25-19)18-11-15(22)10-17(12-21)24-18/h4-8,15,17-18,21-22H,3,9-12H2,1-2H3. The van der Waals surface area contributed by atoms with Gasteiger partial charge in [-0.3, -0.25) is 0 Å². The molecule has 1 aliphatic rings. The number of aliphatic hydroxyl groups is 2. The van der Waals surface area contributed by atoms with Crippen molar-refractivity contribution in [1.82, 2.24) is 0 Å². The van der Waals surface area contributed by atoms with E-state index in [4.69, 9.17) is 9.47 Å². The molecule has 2 N–H and O–H groups in total. The van der Waals surface area contributed by atoms with Gasteiger partial charge in [0.15, 0.2) is 0 Å². The molecule has 3 atom stereocenters. The van der Waals surface area contributed by atoms with Gasteiger partial charge in [0.2, 0.25) is 0 Å². The summed E-state index contributed by atoms with van der Waals surface area (Å²) in [6.45, 7) is 4.73. The fraction of sp³-hybridized carbons (Fsp3) is 0.500. The molecule has 2 heterocycles. The number of hydrogen-bond donors (Lipinski definition) is 2. The minimum atomic E-state index is -0.409. The summed E-state index contributed by atoms with van der Waals surface area (Å²) in [4.78, 5) is 2.44. The molecule has 2 aromatic rings. The predicted octanol–water partition coefficient (Wildman–Crippen LogP) is 3.62. The van der Waals surface area contributed by atoms with Gasteiger partial charge in [0.05, 0.1) is 31.5 Å². The maximum atomic E-state index is 10.0. The van der Waals surface area contributed by atoms with Crippen molar-refractivity contribution in [2.75, 3.05) is 13.2 Å². The van der Waals surface area contributed by atoms with Crippen LogP contribution in [0.4, 0.5) is 0 Å². The first-order valence-electron chi connectivity index (χ1n) is 8.84. The third-order valence-electron chi connectivity index (χ3n) is 4.54. The van der Waals surface area contributed by atoms with Gasteiger partial charge < -0.3 is 19.7 Å². The van der Waals surface area contributed by atoms with Gasteiger partial charge in [0.1, 0.15) is 5.75 Å². The number of rotatable bonds is 6. The second-order valence-electron chi connectivity index (χ2n) is 6.56. The number of aryl methyl sites for hydroxylation is 1. The van der Waals surface area contributed by atoms with Gasteiger partial charge >= 0.3 is 0 Å². The average Bonchev–Trinajstić information content (AvgIpc) is 2.97. The Kier molecular flexibility index (Phi) is 6.12. The first kappa shape index (κ1) is 18.4. The zero-order valence-corrected chi connectivity index (χ0v) is 15.6. The summed E-state index contributed by atoms with van der Waals surface area (Å²) in [6.07, 6.45) is 1.17. The minimum Gasteiger partial charge on any atom is -0.494 e. The molecule has 4 nitrogen and oxygen atoms in total. The van der Waals surface area contributed by atoms with Crippen LogP contribution >= 0.6 is 11.3 Å². The number of hydrogen-bond acceptors (Lipinski definition) is 5. The topological polar surface area (TPSA) is 58.9 Å². The monoisotopic (exact) mass is 362 g/mol. The maximum absolute atomic E-state index is 10.0. The smallest absolute Gasteiger partial charge is 0.119 e. The molecular weight excluding hydrogens is 336 g/mol. The number of thiophene rings is 1. The Morgan fingerprint density at radius 3 is 2.68 bits per heavy atom. The van der Waals surface area contributed by atoms with Crippen molar-refractivity contribution < 1.29 is 19.7 Å². The lowest BCUT2D eigenvalue weighted by molar-refractivity contribution is -0.112. The number of benzene rings is 1. The quantitative estimate of drug-likeness (QED) is 0.824. The van der Waals surface area contributed by atoms with Crippen molar-refractivity contribution in [3.05, 3.63) is 51.2 Å². The van der Waals surface area contributed by atoms with Crippen LogP contribution in [0.15, 0.2) is 30.3 Å². The number of ether oxygens (including phenoxy) is 2. The van der Waals surface area contributed by atoms with Crippen LogP contribution in [-0.4, -0.2) is 35.6 Å². The van der Waals surface area contributed by atoms with Crippen LogP contribution in [0.2, 0.25) is 0 Å². The predicted molar refractivity (Wildman–Crippen MR) is 99.4 cm³/mol. The summed E-state index contributed by atoms with van der Waals surface area (Å²) in [5, 5.41) is 19.4. The van der Waals surface area contributed by atoms with Gasteiger partial charge in [-0.05, 0) is 43.2 Å². The van der Waals surface area contributed by atoms with E-state index >= 15 is 0 Å². The Morgan fingerprint density at radius 1 is 1.24 bits per heavy atom. The third kappa shape index (κ3) is 4.61. The van der Waals surface area contributed by atoms with Gasteiger partial charge in [-0.1, -0.05) is 12.1 Å². The Labute approximate surface area is 153 Å². The Hall–Kier alpha value is -1.40. The molecule has 1 fully saturated rings. The largest absolute Gasteiger partial charge is 0.494 e. The van der Waals surface area contributed by atoms with Crippen LogP contribution in [-0.2, 0) is 11.2 Å². The molecule has 1 aliphatic heterocycles. The second-order valence-corrected chi connectivity index (χ2v) is 7.73. The van der Waals surface area contributed by atoms with E-state index in [-0.39, 0.29) is 18.8 Å². The van der Waals surface area contributed by atoms with E-state index in [9.17, 15) is 10.2 Å². The van der Waals surface area contributed by atoms with Crippen molar-refractivity contribution in [1.29, 1.82) is 0 Å². The van der Waals surface area contributed by atoms with Crippen LogP contribution in [0.25, 0.3) is 0 Å². The van der Waals surface area contributed by atoms with Crippen LogP contribution in [0.3, 0.4) is 0 Å². The molecule has 25 heavy (non-hydrogen) atoms. The first-order chi connectivity index (χ1) is 12.1. The van der Waals surface area contributed by atoms with Gasteiger partial charge in [-0.15, -0.1) is 11.3 Å². The normalized spacial score (nSPS) is 23.6. The fourth-order valence-corrected chi connectivity index (χ4v) is 4.49. The highest BCUT2D eigenvalue weighted by molar-refractivity contribution is 7.12. The van der Waals surface area contributed by atoms with Crippen LogP contribution in [0.1, 0.15) is 46.8 Å². The fourth-order valence-electron chi connectivity index (χ4n) is 3.23.